The predicted octanol–water partition coefficient (Wildman–Crippen LogP) is 3.03. The number of nitrogens with zero attached hydrogens (tertiary/aromatic N) is 2. The molecule has 15 heavy (non-hydrogen) atoms. The Bertz CT molecular complexity index is 433. The number of hydrogen-bond donors (Lipinski definition) is 1. The zero-order valence-corrected chi connectivity index (χ0v) is 10.7. The van der Waals surface area contributed by atoms with Gasteiger partial charge < -0.3 is 0 Å². The number of hydrogen-bond acceptors (Lipinski definition) is 2. The van der Waals surface area contributed by atoms with Crippen LogP contribution in [-0.4, -0.2) is 15.2 Å². The predicted molar refractivity (Wildman–Crippen MR) is 68.5 cm³/mol. The number of nitrogens with one attached hydrogen (secondary N) is 1. The van der Waals surface area contributed by atoms with Crippen LogP contribution in [0.3, 0.4) is 0 Å². The van der Waals surface area contributed by atoms with Gasteiger partial charge in [-0.1, -0.05) is 19.1 Å². The Kier molecular flexibility index (Phi) is 3.35. The first-order valence-electron chi connectivity index (χ1n) is 4.97. The minimum absolute atomic E-state index is 0.787. The van der Waals surface area contributed by atoms with Gasteiger partial charge in [0.25, 0.3) is 0 Å². The van der Waals surface area contributed by atoms with Gasteiger partial charge in [0, 0.05) is 15.6 Å². The maximum atomic E-state index is 4.43. The van der Waals surface area contributed by atoms with E-state index in [0.29, 0.717) is 0 Å². The van der Waals surface area contributed by atoms with Crippen molar-refractivity contribution in [2.75, 3.05) is 0 Å². The average molecular weight is 313 g/mol. The Morgan fingerprint density at radius 3 is 2.67 bits per heavy atom. The Morgan fingerprint density at radius 1 is 1.27 bits per heavy atom. The molecule has 0 saturated carbocycles. The second-order valence-corrected chi connectivity index (χ2v) is 4.61. The molecule has 3 nitrogen and oxygen atoms in total. The van der Waals surface area contributed by atoms with Crippen LogP contribution in [0.25, 0.3) is 11.4 Å². The minimum atomic E-state index is 0.787. The highest BCUT2D eigenvalue weighted by Gasteiger charge is 2.04. The molecule has 0 amide bonds. The summed E-state index contributed by atoms with van der Waals surface area (Å²) >= 11 is 2.29. The van der Waals surface area contributed by atoms with E-state index in [1.54, 1.807) is 0 Å². The standard InChI is InChI=1S/C11H12IN3/c1-2-3-10-13-11(15-14-10)8-4-6-9(12)7-5-8/h4-7H,2-3H2,1H3,(H,13,14,15). The van der Waals surface area contributed by atoms with Crippen molar-refractivity contribution in [3.05, 3.63) is 33.7 Å². The van der Waals surface area contributed by atoms with Gasteiger partial charge in [-0.3, -0.25) is 5.10 Å². The average Bonchev–Trinajstić information content (AvgIpc) is 2.68. The molecule has 0 bridgehead atoms. The van der Waals surface area contributed by atoms with E-state index in [1.807, 2.05) is 12.1 Å². The number of aryl methyl sites for hydroxylation is 1. The molecular weight excluding hydrogens is 301 g/mol. The lowest BCUT2D eigenvalue weighted by atomic mass is 10.2. The van der Waals surface area contributed by atoms with E-state index in [2.05, 4.69) is 56.8 Å². The summed E-state index contributed by atoms with van der Waals surface area (Å²) in [6.07, 6.45) is 2.04. The molecule has 0 aliphatic rings. The number of aromatic nitrogens is 3. The summed E-state index contributed by atoms with van der Waals surface area (Å²) in [7, 11) is 0. The highest BCUT2D eigenvalue weighted by molar-refractivity contribution is 14.1. The molecule has 0 fully saturated rings. The van der Waals surface area contributed by atoms with Crippen LogP contribution < -0.4 is 0 Å². The van der Waals surface area contributed by atoms with E-state index in [-0.39, 0.29) is 0 Å². The molecule has 0 aliphatic heterocycles. The highest BCUT2D eigenvalue weighted by atomic mass is 127. The zero-order chi connectivity index (χ0) is 10.7. The van der Waals surface area contributed by atoms with E-state index >= 15 is 0 Å². The van der Waals surface area contributed by atoms with Crippen molar-refractivity contribution in [3.8, 4) is 11.4 Å². The fourth-order valence-corrected chi connectivity index (χ4v) is 1.73. The summed E-state index contributed by atoms with van der Waals surface area (Å²) in [5.74, 6) is 1.75. The van der Waals surface area contributed by atoms with Gasteiger partial charge in [-0.25, -0.2) is 4.98 Å². The van der Waals surface area contributed by atoms with Gasteiger partial charge in [0.15, 0.2) is 5.82 Å². The first-order valence-corrected chi connectivity index (χ1v) is 6.04. The lowest BCUT2D eigenvalue weighted by molar-refractivity contribution is 0.841. The SMILES string of the molecule is CCCc1nc(-c2ccc(I)cc2)n[nH]1. The third kappa shape index (κ3) is 2.56. The van der Waals surface area contributed by atoms with Crippen molar-refractivity contribution in [1.82, 2.24) is 15.2 Å². The number of aromatic amines is 1. The molecule has 2 rings (SSSR count). The van der Waals surface area contributed by atoms with Crippen LogP contribution in [0, 0.1) is 3.57 Å². The van der Waals surface area contributed by atoms with E-state index in [9.17, 15) is 0 Å². The normalized spacial score (nSPS) is 10.5. The largest absolute Gasteiger partial charge is 0.263 e. The summed E-state index contributed by atoms with van der Waals surface area (Å²) in [6.45, 7) is 2.13. The first kappa shape index (κ1) is 10.6. The molecule has 78 valence electrons. The van der Waals surface area contributed by atoms with Gasteiger partial charge in [-0.2, -0.15) is 5.10 Å². The number of rotatable bonds is 3. The van der Waals surface area contributed by atoms with Crippen molar-refractivity contribution < 1.29 is 0 Å². The van der Waals surface area contributed by atoms with Gasteiger partial charge in [0.1, 0.15) is 5.82 Å². The number of benzene rings is 1. The maximum Gasteiger partial charge on any atom is 0.181 e. The topological polar surface area (TPSA) is 41.6 Å². The van der Waals surface area contributed by atoms with Gasteiger partial charge in [-0.05, 0) is 41.1 Å². The first-order chi connectivity index (χ1) is 7.29. The fourth-order valence-electron chi connectivity index (χ4n) is 1.37. The zero-order valence-electron chi connectivity index (χ0n) is 8.50. The van der Waals surface area contributed by atoms with E-state index in [0.717, 1.165) is 30.1 Å². The van der Waals surface area contributed by atoms with Gasteiger partial charge in [-0.15, -0.1) is 0 Å². The quantitative estimate of drug-likeness (QED) is 0.885. The second-order valence-electron chi connectivity index (χ2n) is 3.36. The second kappa shape index (κ2) is 4.74. The summed E-state index contributed by atoms with van der Waals surface area (Å²) < 4.78 is 1.22. The van der Waals surface area contributed by atoms with Crippen molar-refractivity contribution in [3.63, 3.8) is 0 Å². The van der Waals surface area contributed by atoms with Crippen LogP contribution in [0.2, 0.25) is 0 Å². The van der Waals surface area contributed by atoms with Crippen molar-refractivity contribution in [2.24, 2.45) is 0 Å². The lowest BCUT2D eigenvalue weighted by Gasteiger charge is -1.94. The summed E-state index contributed by atoms with van der Waals surface area (Å²) in [4.78, 5) is 4.43. The molecule has 0 radical (unpaired) electrons. The smallest absolute Gasteiger partial charge is 0.181 e. The molecule has 0 atom stereocenters. The van der Waals surface area contributed by atoms with Crippen molar-refractivity contribution >= 4 is 22.6 Å². The monoisotopic (exact) mass is 313 g/mol. The Balaban J connectivity index is 2.25. The molecule has 0 unspecified atom stereocenters. The molecule has 0 aliphatic carbocycles. The summed E-state index contributed by atoms with van der Waals surface area (Å²) in [5, 5.41) is 7.15. The maximum absolute atomic E-state index is 4.43. The highest BCUT2D eigenvalue weighted by Crippen LogP contribution is 2.16. The molecule has 1 N–H and O–H groups in total. The van der Waals surface area contributed by atoms with Crippen molar-refractivity contribution in [1.29, 1.82) is 0 Å². The van der Waals surface area contributed by atoms with Gasteiger partial charge in [0.2, 0.25) is 0 Å². The third-order valence-electron chi connectivity index (χ3n) is 2.12. The molecule has 0 spiro atoms. The molecule has 1 heterocycles. The summed E-state index contributed by atoms with van der Waals surface area (Å²) in [5.41, 5.74) is 1.06. The van der Waals surface area contributed by atoms with Crippen LogP contribution in [0.15, 0.2) is 24.3 Å². The van der Waals surface area contributed by atoms with Crippen LogP contribution in [0.5, 0.6) is 0 Å². The van der Waals surface area contributed by atoms with Gasteiger partial charge in [0.05, 0.1) is 0 Å². The molecule has 4 heteroatoms. The molecule has 1 aromatic carbocycles. The lowest BCUT2D eigenvalue weighted by Crippen LogP contribution is -1.85. The molecule has 1 aromatic heterocycles. The van der Waals surface area contributed by atoms with Gasteiger partial charge >= 0.3 is 0 Å². The minimum Gasteiger partial charge on any atom is -0.263 e. The Labute approximate surface area is 102 Å². The van der Waals surface area contributed by atoms with Crippen molar-refractivity contribution in [2.45, 2.75) is 19.8 Å². The van der Waals surface area contributed by atoms with Crippen LogP contribution in [0.4, 0.5) is 0 Å². The molecular formula is C11H12IN3. The third-order valence-corrected chi connectivity index (χ3v) is 2.84. The van der Waals surface area contributed by atoms with E-state index < -0.39 is 0 Å². The van der Waals surface area contributed by atoms with Crippen LogP contribution in [-0.2, 0) is 6.42 Å². The number of halogens is 1. The van der Waals surface area contributed by atoms with E-state index in [1.165, 1.54) is 3.57 Å². The summed E-state index contributed by atoms with van der Waals surface area (Å²) in [6, 6.07) is 8.21. The van der Waals surface area contributed by atoms with Crippen LogP contribution in [0.1, 0.15) is 19.2 Å². The van der Waals surface area contributed by atoms with Crippen LogP contribution >= 0.6 is 22.6 Å². The molecule has 2 aromatic rings. The number of H-pyrrole nitrogens is 1. The van der Waals surface area contributed by atoms with E-state index in [4.69, 9.17) is 0 Å². The molecule has 0 saturated heterocycles. The Morgan fingerprint density at radius 2 is 2.00 bits per heavy atom. The Hall–Kier alpha value is -0.910. The fraction of sp³-hybridized carbons (Fsp3) is 0.273.